The molecule has 0 bridgehead atoms. The third-order valence-corrected chi connectivity index (χ3v) is 3.25. The minimum absolute atomic E-state index is 0.155. The Hall–Kier alpha value is -3.35. The van der Waals surface area contributed by atoms with Gasteiger partial charge in [-0.15, -0.1) is 5.10 Å². The number of aromatic nitrogens is 4. The van der Waals surface area contributed by atoms with Crippen molar-refractivity contribution in [2.45, 2.75) is 6.54 Å². The van der Waals surface area contributed by atoms with Gasteiger partial charge in [0.1, 0.15) is 5.82 Å². The van der Waals surface area contributed by atoms with Gasteiger partial charge in [-0.05, 0) is 46.3 Å². The van der Waals surface area contributed by atoms with Crippen LogP contribution in [0.25, 0.3) is 11.8 Å². The first kappa shape index (κ1) is 15.5. The summed E-state index contributed by atoms with van der Waals surface area (Å²) in [4.78, 5) is 11.9. The van der Waals surface area contributed by atoms with Crippen molar-refractivity contribution in [3.63, 3.8) is 0 Å². The van der Waals surface area contributed by atoms with Crippen molar-refractivity contribution in [3.8, 4) is 5.69 Å². The zero-order valence-electron chi connectivity index (χ0n) is 12.6. The van der Waals surface area contributed by atoms with E-state index in [0.29, 0.717) is 11.5 Å². The van der Waals surface area contributed by atoms with Crippen LogP contribution in [-0.4, -0.2) is 26.1 Å². The predicted octanol–water partition coefficient (Wildman–Crippen LogP) is 2.13. The summed E-state index contributed by atoms with van der Waals surface area (Å²) in [6, 6.07) is 15.3. The molecule has 0 unspecified atom stereocenters. The second-order valence-corrected chi connectivity index (χ2v) is 4.95. The molecule has 24 heavy (non-hydrogen) atoms. The summed E-state index contributed by atoms with van der Waals surface area (Å²) in [7, 11) is 0. The fourth-order valence-electron chi connectivity index (χ4n) is 2.06. The van der Waals surface area contributed by atoms with Gasteiger partial charge in [-0.25, -0.2) is 4.39 Å². The van der Waals surface area contributed by atoms with E-state index in [-0.39, 0.29) is 18.3 Å². The van der Waals surface area contributed by atoms with Crippen LogP contribution in [0, 0.1) is 5.82 Å². The molecule has 0 aliphatic heterocycles. The summed E-state index contributed by atoms with van der Waals surface area (Å²) in [5.41, 5.74) is 1.55. The Morgan fingerprint density at radius 1 is 1.12 bits per heavy atom. The first-order valence-electron chi connectivity index (χ1n) is 7.26. The van der Waals surface area contributed by atoms with Crippen molar-refractivity contribution in [2.24, 2.45) is 0 Å². The Labute approximate surface area is 137 Å². The molecule has 0 fully saturated rings. The maximum atomic E-state index is 13.0. The lowest BCUT2D eigenvalue weighted by Gasteiger charge is -2.05. The zero-order chi connectivity index (χ0) is 16.8. The standard InChI is InChI=1S/C17H14FN5O/c18-14-7-9-15(10-8-14)23-16(20-21-22-23)12-19-17(24)11-6-13-4-2-1-3-5-13/h1-11H,12H2,(H,19,24)/b11-6+. The van der Waals surface area contributed by atoms with E-state index in [0.717, 1.165) is 5.56 Å². The fraction of sp³-hybridized carbons (Fsp3) is 0.0588. The minimum atomic E-state index is -0.340. The van der Waals surface area contributed by atoms with Gasteiger partial charge < -0.3 is 5.32 Å². The number of hydrogen-bond acceptors (Lipinski definition) is 4. The highest BCUT2D eigenvalue weighted by molar-refractivity contribution is 5.91. The fourth-order valence-corrected chi connectivity index (χ4v) is 2.06. The van der Waals surface area contributed by atoms with Crippen molar-refractivity contribution in [2.75, 3.05) is 0 Å². The van der Waals surface area contributed by atoms with Gasteiger partial charge in [0.25, 0.3) is 0 Å². The Morgan fingerprint density at radius 2 is 1.88 bits per heavy atom. The molecule has 0 radical (unpaired) electrons. The van der Waals surface area contributed by atoms with Crippen LogP contribution in [0.2, 0.25) is 0 Å². The highest BCUT2D eigenvalue weighted by Crippen LogP contribution is 2.09. The van der Waals surface area contributed by atoms with Crippen molar-refractivity contribution >= 4 is 12.0 Å². The van der Waals surface area contributed by atoms with E-state index in [1.807, 2.05) is 30.3 Å². The molecule has 0 saturated heterocycles. The van der Waals surface area contributed by atoms with Crippen molar-refractivity contribution in [3.05, 3.63) is 77.9 Å². The molecule has 3 rings (SSSR count). The Morgan fingerprint density at radius 3 is 2.62 bits per heavy atom. The van der Waals surface area contributed by atoms with Gasteiger partial charge in [0.15, 0.2) is 5.82 Å². The molecule has 0 saturated carbocycles. The largest absolute Gasteiger partial charge is 0.345 e. The number of halogens is 1. The molecule has 1 N–H and O–H groups in total. The number of amides is 1. The molecule has 6 nitrogen and oxygen atoms in total. The number of nitrogens with one attached hydrogen (secondary N) is 1. The Kier molecular flexibility index (Phi) is 4.71. The van der Waals surface area contributed by atoms with Gasteiger partial charge in [0, 0.05) is 6.08 Å². The number of carbonyl (C=O) groups excluding carboxylic acids is 1. The van der Waals surface area contributed by atoms with Crippen LogP contribution in [0.5, 0.6) is 0 Å². The monoisotopic (exact) mass is 323 g/mol. The van der Waals surface area contributed by atoms with E-state index in [2.05, 4.69) is 20.8 Å². The van der Waals surface area contributed by atoms with Gasteiger partial charge in [-0.2, -0.15) is 4.68 Å². The van der Waals surface area contributed by atoms with Crippen LogP contribution < -0.4 is 5.32 Å². The summed E-state index contributed by atoms with van der Waals surface area (Å²) >= 11 is 0. The average Bonchev–Trinajstić information content (AvgIpc) is 3.08. The normalized spacial score (nSPS) is 10.9. The SMILES string of the molecule is O=C(/C=C/c1ccccc1)NCc1nnnn1-c1ccc(F)cc1. The smallest absolute Gasteiger partial charge is 0.244 e. The summed E-state index contributed by atoms with van der Waals surface area (Å²) < 4.78 is 14.4. The van der Waals surface area contributed by atoms with Crippen molar-refractivity contribution in [1.82, 2.24) is 25.5 Å². The number of benzene rings is 2. The summed E-state index contributed by atoms with van der Waals surface area (Å²) in [5.74, 6) is -0.150. The highest BCUT2D eigenvalue weighted by Gasteiger charge is 2.09. The molecular formula is C17H14FN5O. The predicted molar refractivity (Wildman–Crippen MR) is 86.4 cm³/mol. The van der Waals surface area contributed by atoms with E-state index in [4.69, 9.17) is 0 Å². The number of carbonyl (C=O) groups is 1. The van der Waals surface area contributed by atoms with Crippen molar-refractivity contribution in [1.29, 1.82) is 0 Å². The van der Waals surface area contributed by atoms with Gasteiger partial charge in [-0.1, -0.05) is 30.3 Å². The van der Waals surface area contributed by atoms with Gasteiger partial charge in [0.05, 0.1) is 12.2 Å². The summed E-state index contributed by atoms with van der Waals surface area (Å²) in [6.45, 7) is 0.155. The Balaban J connectivity index is 1.63. The minimum Gasteiger partial charge on any atom is -0.345 e. The van der Waals surface area contributed by atoms with Gasteiger partial charge >= 0.3 is 0 Å². The van der Waals surface area contributed by atoms with Crippen LogP contribution in [0.4, 0.5) is 4.39 Å². The first-order chi connectivity index (χ1) is 11.7. The second kappa shape index (κ2) is 7.28. The van der Waals surface area contributed by atoms with Crippen molar-refractivity contribution < 1.29 is 9.18 Å². The lowest BCUT2D eigenvalue weighted by Crippen LogP contribution is -2.22. The lowest BCUT2D eigenvalue weighted by atomic mass is 10.2. The lowest BCUT2D eigenvalue weighted by molar-refractivity contribution is -0.116. The molecule has 0 aliphatic rings. The maximum absolute atomic E-state index is 13.0. The van der Waals surface area contributed by atoms with Gasteiger partial charge in [-0.3, -0.25) is 4.79 Å². The van der Waals surface area contributed by atoms with Gasteiger partial charge in [0.2, 0.25) is 5.91 Å². The number of tetrazole rings is 1. The topological polar surface area (TPSA) is 72.7 Å². The van der Waals surface area contributed by atoms with E-state index >= 15 is 0 Å². The molecule has 7 heteroatoms. The Bertz CT molecular complexity index is 843. The second-order valence-electron chi connectivity index (χ2n) is 4.95. The summed E-state index contributed by atoms with van der Waals surface area (Å²) in [6.07, 6.45) is 3.17. The maximum Gasteiger partial charge on any atom is 0.244 e. The van der Waals surface area contributed by atoms with E-state index < -0.39 is 0 Å². The van der Waals surface area contributed by atoms with Crippen LogP contribution in [0.1, 0.15) is 11.4 Å². The third-order valence-electron chi connectivity index (χ3n) is 3.25. The number of hydrogen-bond donors (Lipinski definition) is 1. The molecule has 0 aliphatic carbocycles. The highest BCUT2D eigenvalue weighted by atomic mass is 19.1. The van der Waals surface area contributed by atoms with E-state index in [1.165, 1.54) is 22.9 Å². The third kappa shape index (κ3) is 3.89. The quantitative estimate of drug-likeness (QED) is 0.730. The molecule has 2 aromatic carbocycles. The van der Waals surface area contributed by atoms with Crippen LogP contribution in [0.15, 0.2) is 60.7 Å². The summed E-state index contributed by atoms with van der Waals surface area (Å²) in [5, 5.41) is 14.0. The van der Waals surface area contributed by atoms with E-state index in [1.54, 1.807) is 18.2 Å². The molecular weight excluding hydrogens is 309 g/mol. The molecule has 0 atom stereocenters. The molecule has 1 heterocycles. The van der Waals surface area contributed by atoms with Crippen LogP contribution in [0.3, 0.4) is 0 Å². The number of nitrogens with zero attached hydrogens (tertiary/aromatic N) is 4. The molecule has 1 amide bonds. The first-order valence-corrected chi connectivity index (χ1v) is 7.26. The molecule has 1 aromatic heterocycles. The number of rotatable bonds is 5. The molecule has 120 valence electrons. The van der Waals surface area contributed by atoms with E-state index in [9.17, 15) is 9.18 Å². The molecule has 0 spiro atoms. The van der Waals surface area contributed by atoms with Crippen LogP contribution in [-0.2, 0) is 11.3 Å². The molecule has 3 aromatic rings. The van der Waals surface area contributed by atoms with Crippen LogP contribution >= 0.6 is 0 Å². The average molecular weight is 323 g/mol. The zero-order valence-corrected chi connectivity index (χ0v) is 12.6.